The van der Waals surface area contributed by atoms with Crippen LogP contribution < -0.4 is 23.7 Å². The molecule has 0 saturated heterocycles. The summed E-state index contributed by atoms with van der Waals surface area (Å²) in [5, 5.41) is 0. The van der Waals surface area contributed by atoms with Crippen LogP contribution in [0.2, 0.25) is 0 Å². The van der Waals surface area contributed by atoms with Crippen LogP contribution in [0.25, 0.3) is 11.1 Å². The average molecular weight is 525 g/mol. The topological polar surface area (TPSA) is 63.2 Å². The van der Waals surface area contributed by atoms with E-state index >= 15 is 0 Å². The molecule has 0 heterocycles. The van der Waals surface area contributed by atoms with Gasteiger partial charge >= 0.3 is 5.97 Å². The third kappa shape index (κ3) is 5.55. The number of hydrogen-bond acceptors (Lipinski definition) is 6. The number of rotatable bonds is 10. The highest BCUT2D eigenvalue weighted by molar-refractivity contribution is 5.91. The molecule has 4 aromatic carbocycles. The molecule has 0 aromatic heterocycles. The van der Waals surface area contributed by atoms with Crippen molar-refractivity contribution >= 4 is 5.97 Å². The second-order valence-corrected chi connectivity index (χ2v) is 9.70. The molecule has 200 valence electrons. The minimum atomic E-state index is -0.408. The van der Waals surface area contributed by atoms with Crippen LogP contribution in [0.4, 0.5) is 0 Å². The van der Waals surface area contributed by atoms with Crippen molar-refractivity contribution in [1.82, 2.24) is 0 Å². The lowest BCUT2D eigenvalue weighted by Gasteiger charge is -2.22. The molecule has 6 nitrogen and oxygen atoms in total. The number of fused-ring (bicyclic) bond motifs is 3. The molecule has 0 atom stereocenters. The molecule has 0 fully saturated rings. The third-order valence-corrected chi connectivity index (χ3v) is 6.82. The molecule has 0 N–H and O–H groups in total. The summed E-state index contributed by atoms with van der Waals surface area (Å²) in [6.07, 6.45) is 0. The summed E-state index contributed by atoms with van der Waals surface area (Å²) in [6, 6.07) is 26.3. The smallest absolute Gasteiger partial charge is 0.343 e. The molecule has 1 aliphatic rings. The van der Waals surface area contributed by atoms with Crippen molar-refractivity contribution in [3.8, 4) is 39.9 Å². The Morgan fingerprint density at radius 2 is 1.03 bits per heavy atom. The Labute approximate surface area is 229 Å². The van der Waals surface area contributed by atoms with Crippen LogP contribution in [-0.4, -0.2) is 26.0 Å². The van der Waals surface area contributed by atoms with E-state index in [-0.39, 0.29) is 12.2 Å². The zero-order valence-corrected chi connectivity index (χ0v) is 22.7. The minimum absolute atomic E-state index is 0.0891. The Balaban J connectivity index is 1.26. The highest BCUT2D eigenvalue weighted by atomic mass is 16.7. The second kappa shape index (κ2) is 11.1. The van der Waals surface area contributed by atoms with Gasteiger partial charge in [-0.2, -0.15) is 0 Å². The lowest BCUT2D eigenvalue weighted by atomic mass is 9.82. The average Bonchev–Trinajstić information content (AvgIpc) is 3.16. The number of hydrogen-bond donors (Lipinski definition) is 0. The zero-order chi connectivity index (χ0) is 27.4. The molecular formula is C33H32O6. The van der Waals surface area contributed by atoms with Gasteiger partial charge in [-0.25, -0.2) is 4.79 Å². The zero-order valence-electron chi connectivity index (χ0n) is 22.7. The number of carbonyl (C=O) groups excluding carboxylic acids is 1. The predicted octanol–water partition coefficient (Wildman–Crippen LogP) is 7.42. The first-order chi connectivity index (χ1) is 18.9. The van der Waals surface area contributed by atoms with Gasteiger partial charge in [0.15, 0.2) is 0 Å². The summed E-state index contributed by atoms with van der Waals surface area (Å²) in [7, 11) is 0. The highest BCUT2D eigenvalue weighted by Crippen LogP contribution is 2.50. The Morgan fingerprint density at radius 1 is 0.590 bits per heavy atom. The number of benzene rings is 4. The molecule has 39 heavy (non-hydrogen) atoms. The van der Waals surface area contributed by atoms with Gasteiger partial charge in [0.05, 0.1) is 18.8 Å². The summed E-state index contributed by atoms with van der Waals surface area (Å²) in [5.74, 6) is 3.06. The normalized spacial score (nSPS) is 12.7. The van der Waals surface area contributed by atoms with Gasteiger partial charge in [0.25, 0.3) is 0 Å². The summed E-state index contributed by atoms with van der Waals surface area (Å²) in [5.41, 5.74) is 4.66. The van der Waals surface area contributed by atoms with E-state index in [1.165, 1.54) is 0 Å². The first-order valence-electron chi connectivity index (χ1n) is 13.1. The molecule has 0 spiro atoms. The molecule has 6 heteroatoms. The van der Waals surface area contributed by atoms with Gasteiger partial charge in [0, 0.05) is 5.41 Å². The van der Waals surface area contributed by atoms with E-state index in [1.54, 1.807) is 24.3 Å². The molecule has 0 aliphatic heterocycles. The maximum Gasteiger partial charge on any atom is 0.343 e. The van der Waals surface area contributed by atoms with Crippen LogP contribution in [0.5, 0.6) is 28.7 Å². The fraction of sp³-hybridized carbons (Fsp3) is 0.242. The van der Waals surface area contributed by atoms with Gasteiger partial charge in [-0.05, 0) is 109 Å². The van der Waals surface area contributed by atoms with E-state index < -0.39 is 5.97 Å². The Morgan fingerprint density at radius 3 is 1.59 bits per heavy atom. The van der Waals surface area contributed by atoms with E-state index in [2.05, 4.69) is 26.0 Å². The van der Waals surface area contributed by atoms with E-state index in [1.807, 2.05) is 62.4 Å². The van der Waals surface area contributed by atoms with Crippen molar-refractivity contribution in [2.45, 2.75) is 33.1 Å². The number of carbonyl (C=O) groups is 1. The largest absolute Gasteiger partial charge is 0.494 e. The van der Waals surface area contributed by atoms with Crippen molar-refractivity contribution in [2.24, 2.45) is 0 Å². The van der Waals surface area contributed by atoms with E-state index in [9.17, 15) is 4.79 Å². The fourth-order valence-corrected chi connectivity index (χ4v) is 4.83. The van der Waals surface area contributed by atoms with Crippen LogP contribution in [-0.2, 0) is 5.41 Å². The van der Waals surface area contributed by atoms with Gasteiger partial charge in [-0.1, -0.05) is 26.0 Å². The van der Waals surface area contributed by atoms with E-state index in [0.29, 0.717) is 30.3 Å². The van der Waals surface area contributed by atoms with E-state index in [4.69, 9.17) is 23.7 Å². The molecule has 4 aromatic rings. The fourth-order valence-electron chi connectivity index (χ4n) is 4.83. The SMILES string of the molecule is CCOc1ccc(OCOc2ccc3c(c2)C(C)(C)c2cc(OC(=O)c4ccc(OCC)cc4)ccc2-3)cc1. The van der Waals surface area contributed by atoms with Crippen molar-refractivity contribution in [3.63, 3.8) is 0 Å². The predicted molar refractivity (Wildman–Crippen MR) is 150 cm³/mol. The van der Waals surface area contributed by atoms with Crippen molar-refractivity contribution in [3.05, 3.63) is 102 Å². The van der Waals surface area contributed by atoms with Crippen molar-refractivity contribution in [1.29, 1.82) is 0 Å². The maximum atomic E-state index is 12.8. The van der Waals surface area contributed by atoms with Gasteiger partial charge in [0.1, 0.15) is 28.7 Å². The Bertz CT molecular complexity index is 1460. The van der Waals surface area contributed by atoms with Gasteiger partial charge in [-0.15, -0.1) is 0 Å². The third-order valence-electron chi connectivity index (χ3n) is 6.82. The van der Waals surface area contributed by atoms with Crippen molar-refractivity contribution in [2.75, 3.05) is 20.0 Å². The number of ether oxygens (including phenoxy) is 5. The molecule has 0 saturated carbocycles. The quantitative estimate of drug-likeness (QED) is 0.122. The van der Waals surface area contributed by atoms with Gasteiger partial charge < -0.3 is 23.7 Å². The van der Waals surface area contributed by atoms with E-state index in [0.717, 1.165) is 39.5 Å². The minimum Gasteiger partial charge on any atom is -0.494 e. The molecular weight excluding hydrogens is 492 g/mol. The molecule has 1 aliphatic carbocycles. The molecule has 0 unspecified atom stereocenters. The molecule has 5 rings (SSSR count). The van der Waals surface area contributed by atoms with Gasteiger partial charge in [0.2, 0.25) is 6.79 Å². The molecule has 0 amide bonds. The first-order valence-corrected chi connectivity index (χ1v) is 13.1. The van der Waals surface area contributed by atoms with Crippen LogP contribution in [0.1, 0.15) is 49.2 Å². The van der Waals surface area contributed by atoms with Crippen LogP contribution in [0, 0.1) is 0 Å². The van der Waals surface area contributed by atoms with Crippen molar-refractivity contribution < 1.29 is 28.5 Å². The lowest BCUT2D eigenvalue weighted by molar-refractivity contribution is 0.0734. The van der Waals surface area contributed by atoms with Crippen LogP contribution >= 0.6 is 0 Å². The Hall–Kier alpha value is -4.45. The highest BCUT2D eigenvalue weighted by Gasteiger charge is 2.36. The molecule has 0 radical (unpaired) electrons. The summed E-state index contributed by atoms with van der Waals surface area (Å²) >= 11 is 0. The van der Waals surface area contributed by atoms with Crippen LogP contribution in [0.15, 0.2) is 84.9 Å². The maximum absolute atomic E-state index is 12.8. The first kappa shape index (κ1) is 26.2. The lowest BCUT2D eigenvalue weighted by Crippen LogP contribution is -2.16. The number of esters is 1. The monoisotopic (exact) mass is 524 g/mol. The van der Waals surface area contributed by atoms with Gasteiger partial charge in [-0.3, -0.25) is 0 Å². The summed E-state index contributed by atoms with van der Waals surface area (Å²) < 4.78 is 28.3. The summed E-state index contributed by atoms with van der Waals surface area (Å²) in [6.45, 7) is 9.48. The second-order valence-electron chi connectivity index (χ2n) is 9.70. The standard InChI is InChI=1S/C33H32O6/c1-5-35-23-9-7-22(8-10-23)32(34)39-27-16-18-29-28-17-15-26(19-30(28)33(3,4)31(29)20-27)38-21-37-25-13-11-24(12-14-25)36-6-2/h7-20H,5-6,21H2,1-4H3. The van der Waals surface area contributed by atoms with Crippen LogP contribution in [0.3, 0.4) is 0 Å². The Kier molecular flexibility index (Phi) is 7.46. The summed E-state index contributed by atoms with van der Waals surface area (Å²) in [4.78, 5) is 12.8. The molecule has 0 bridgehead atoms.